The fourth-order valence-electron chi connectivity index (χ4n) is 3.94. The van der Waals surface area contributed by atoms with Crippen LogP contribution in [0.4, 0.5) is 0 Å². The lowest BCUT2D eigenvalue weighted by atomic mass is 10.0. The summed E-state index contributed by atoms with van der Waals surface area (Å²) in [6, 6.07) is 25.9. The van der Waals surface area contributed by atoms with E-state index in [2.05, 4.69) is 40.7 Å². The van der Waals surface area contributed by atoms with Crippen molar-refractivity contribution < 1.29 is 4.79 Å². The van der Waals surface area contributed by atoms with E-state index in [-0.39, 0.29) is 11.7 Å². The highest BCUT2D eigenvalue weighted by Gasteiger charge is 2.21. The summed E-state index contributed by atoms with van der Waals surface area (Å²) in [6.07, 6.45) is 0. The molecule has 0 aliphatic rings. The van der Waals surface area contributed by atoms with E-state index in [1.165, 1.54) is 17.3 Å². The number of nitrogens with zero attached hydrogens (tertiary/aromatic N) is 4. The maximum atomic E-state index is 13.1. The molecule has 7 heteroatoms. The van der Waals surface area contributed by atoms with Gasteiger partial charge >= 0.3 is 0 Å². The number of hydrogen-bond donors (Lipinski definition) is 0. The van der Waals surface area contributed by atoms with Crippen molar-refractivity contribution in [3.8, 4) is 17.1 Å². The Kier molecular flexibility index (Phi) is 8.26. The van der Waals surface area contributed by atoms with Crippen LogP contribution in [0.3, 0.4) is 0 Å². The van der Waals surface area contributed by atoms with Crippen molar-refractivity contribution in [2.24, 2.45) is 0 Å². The first kappa shape index (κ1) is 25.0. The fraction of sp³-hybridized carbons (Fsp3) is 0.250. The van der Waals surface area contributed by atoms with Crippen molar-refractivity contribution in [1.82, 2.24) is 19.7 Å². The zero-order valence-corrected chi connectivity index (χ0v) is 21.8. The molecule has 4 aromatic rings. The zero-order chi connectivity index (χ0) is 24.8. The minimum Gasteiger partial charge on any atom is -0.338 e. The standard InChI is InChI=1S/C28H29ClN4OS/c1-4-32(18-21-10-6-5-7-11-21)26(34)19-35-28-31-30-27(22-14-16-23(29)17-15-22)33(28)25-13-9-8-12-24(25)20(2)3/h5-17,20H,4,18-19H2,1-3H3. The average molecular weight is 505 g/mol. The molecule has 0 aliphatic carbocycles. The molecule has 0 aliphatic heterocycles. The van der Waals surface area contributed by atoms with Crippen LogP contribution in [0.5, 0.6) is 0 Å². The van der Waals surface area contributed by atoms with Gasteiger partial charge in [0.25, 0.3) is 0 Å². The van der Waals surface area contributed by atoms with E-state index >= 15 is 0 Å². The summed E-state index contributed by atoms with van der Waals surface area (Å²) in [4.78, 5) is 15.0. The van der Waals surface area contributed by atoms with Gasteiger partial charge < -0.3 is 4.90 Å². The molecule has 0 N–H and O–H groups in total. The molecule has 35 heavy (non-hydrogen) atoms. The predicted octanol–water partition coefficient (Wildman–Crippen LogP) is 6.85. The number of halogens is 1. The first-order valence-electron chi connectivity index (χ1n) is 11.7. The van der Waals surface area contributed by atoms with Crippen LogP contribution in [-0.4, -0.2) is 37.9 Å². The first-order valence-corrected chi connectivity index (χ1v) is 13.1. The number of aromatic nitrogens is 3. The van der Waals surface area contributed by atoms with Gasteiger partial charge in [0.15, 0.2) is 11.0 Å². The number of amides is 1. The largest absolute Gasteiger partial charge is 0.338 e. The first-order chi connectivity index (χ1) is 17.0. The molecule has 0 unspecified atom stereocenters. The third-order valence-corrected chi connectivity index (χ3v) is 6.98. The molecular weight excluding hydrogens is 476 g/mol. The summed E-state index contributed by atoms with van der Waals surface area (Å²) in [5.74, 6) is 1.39. The molecule has 4 rings (SSSR count). The molecule has 0 radical (unpaired) electrons. The van der Waals surface area contributed by atoms with Crippen molar-refractivity contribution in [2.75, 3.05) is 12.3 Å². The second-order valence-electron chi connectivity index (χ2n) is 8.54. The van der Waals surface area contributed by atoms with Crippen molar-refractivity contribution in [3.63, 3.8) is 0 Å². The van der Waals surface area contributed by atoms with Gasteiger partial charge in [0.2, 0.25) is 5.91 Å². The second kappa shape index (κ2) is 11.6. The van der Waals surface area contributed by atoms with Crippen molar-refractivity contribution in [1.29, 1.82) is 0 Å². The van der Waals surface area contributed by atoms with Crippen molar-refractivity contribution in [3.05, 3.63) is 95.0 Å². The van der Waals surface area contributed by atoms with Crippen LogP contribution >= 0.6 is 23.4 Å². The quantitative estimate of drug-likeness (QED) is 0.234. The highest BCUT2D eigenvalue weighted by Crippen LogP contribution is 2.32. The van der Waals surface area contributed by atoms with E-state index in [4.69, 9.17) is 11.6 Å². The van der Waals surface area contributed by atoms with E-state index < -0.39 is 0 Å². The average Bonchev–Trinajstić information content (AvgIpc) is 3.30. The number of rotatable bonds is 9. The van der Waals surface area contributed by atoms with Gasteiger partial charge in [0.05, 0.1) is 11.4 Å². The second-order valence-corrected chi connectivity index (χ2v) is 9.92. The van der Waals surface area contributed by atoms with E-state index in [0.717, 1.165) is 22.6 Å². The molecule has 0 atom stereocenters. The smallest absolute Gasteiger partial charge is 0.233 e. The molecule has 3 aromatic carbocycles. The van der Waals surface area contributed by atoms with Crippen LogP contribution in [0, 0.1) is 0 Å². The summed E-state index contributed by atoms with van der Waals surface area (Å²) < 4.78 is 2.06. The van der Waals surface area contributed by atoms with Crippen LogP contribution < -0.4 is 0 Å². The predicted molar refractivity (Wildman–Crippen MR) is 144 cm³/mol. The molecule has 0 saturated carbocycles. The van der Waals surface area contributed by atoms with E-state index in [1.807, 2.05) is 78.6 Å². The van der Waals surface area contributed by atoms with Gasteiger partial charge in [-0.2, -0.15) is 0 Å². The molecule has 1 amide bonds. The fourth-order valence-corrected chi connectivity index (χ4v) is 4.92. The molecule has 1 heterocycles. The monoisotopic (exact) mass is 504 g/mol. The van der Waals surface area contributed by atoms with Gasteiger partial charge in [-0.05, 0) is 54.3 Å². The Hall–Kier alpha value is -3.09. The Balaban J connectivity index is 1.65. The van der Waals surface area contributed by atoms with E-state index in [1.54, 1.807) is 0 Å². The summed E-state index contributed by atoms with van der Waals surface area (Å²) in [5.41, 5.74) is 4.24. The topological polar surface area (TPSA) is 51.0 Å². The third kappa shape index (κ3) is 5.95. The Morgan fingerprint density at radius 3 is 2.34 bits per heavy atom. The van der Waals surface area contributed by atoms with Crippen LogP contribution in [0.2, 0.25) is 5.02 Å². The van der Waals surface area contributed by atoms with Gasteiger partial charge in [-0.3, -0.25) is 9.36 Å². The maximum absolute atomic E-state index is 13.1. The summed E-state index contributed by atoms with van der Waals surface area (Å²) in [7, 11) is 0. The lowest BCUT2D eigenvalue weighted by molar-refractivity contribution is -0.128. The number of para-hydroxylation sites is 1. The van der Waals surface area contributed by atoms with Crippen molar-refractivity contribution in [2.45, 2.75) is 38.4 Å². The number of hydrogen-bond acceptors (Lipinski definition) is 4. The van der Waals surface area contributed by atoms with Crippen LogP contribution in [0.15, 0.2) is 84.0 Å². The Morgan fingerprint density at radius 2 is 1.66 bits per heavy atom. The third-order valence-electron chi connectivity index (χ3n) is 5.81. The maximum Gasteiger partial charge on any atom is 0.233 e. The number of carbonyl (C=O) groups is 1. The lowest BCUT2D eigenvalue weighted by Gasteiger charge is -2.21. The van der Waals surface area contributed by atoms with Crippen molar-refractivity contribution >= 4 is 29.3 Å². The number of thioether (sulfide) groups is 1. The molecule has 0 spiro atoms. The molecule has 1 aromatic heterocycles. The normalized spacial score (nSPS) is 11.1. The highest BCUT2D eigenvalue weighted by molar-refractivity contribution is 7.99. The number of carbonyl (C=O) groups excluding carboxylic acids is 1. The van der Waals surface area contributed by atoms with E-state index in [0.29, 0.717) is 29.2 Å². The van der Waals surface area contributed by atoms with Gasteiger partial charge in [-0.25, -0.2) is 0 Å². The minimum absolute atomic E-state index is 0.0705. The van der Waals surface area contributed by atoms with Crippen LogP contribution in [0.25, 0.3) is 17.1 Å². The highest BCUT2D eigenvalue weighted by atomic mass is 35.5. The molecule has 5 nitrogen and oxygen atoms in total. The molecule has 0 saturated heterocycles. The Labute approximate surface area is 216 Å². The summed E-state index contributed by atoms with van der Waals surface area (Å²) in [5, 5.41) is 10.4. The minimum atomic E-state index is 0.0705. The Bertz CT molecular complexity index is 1270. The van der Waals surface area contributed by atoms with Gasteiger partial charge in [0.1, 0.15) is 0 Å². The van der Waals surface area contributed by atoms with E-state index in [9.17, 15) is 4.79 Å². The molecule has 0 fully saturated rings. The van der Waals surface area contributed by atoms with Gasteiger partial charge in [0, 0.05) is 23.7 Å². The lowest BCUT2D eigenvalue weighted by Crippen LogP contribution is -2.31. The van der Waals surface area contributed by atoms with Crippen LogP contribution in [-0.2, 0) is 11.3 Å². The van der Waals surface area contributed by atoms with Gasteiger partial charge in [-0.15, -0.1) is 10.2 Å². The summed E-state index contributed by atoms with van der Waals surface area (Å²) in [6.45, 7) is 7.59. The number of benzene rings is 3. The SMILES string of the molecule is CCN(Cc1ccccc1)C(=O)CSc1nnc(-c2ccc(Cl)cc2)n1-c1ccccc1C(C)C. The molecule has 0 bridgehead atoms. The Morgan fingerprint density at radius 1 is 0.971 bits per heavy atom. The molecular formula is C28H29ClN4OS. The molecule has 180 valence electrons. The zero-order valence-electron chi connectivity index (χ0n) is 20.2. The van der Waals surface area contributed by atoms with Crippen LogP contribution in [0.1, 0.15) is 37.8 Å². The summed E-state index contributed by atoms with van der Waals surface area (Å²) >= 11 is 7.54. The van der Waals surface area contributed by atoms with Gasteiger partial charge in [-0.1, -0.05) is 85.7 Å².